The van der Waals surface area contributed by atoms with Crippen LogP contribution in [0.5, 0.6) is 5.75 Å². The highest BCUT2D eigenvalue weighted by molar-refractivity contribution is 6.00. The highest BCUT2D eigenvalue weighted by Crippen LogP contribution is 2.32. The first kappa shape index (κ1) is 27.1. The van der Waals surface area contributed by atoms with Gasteiger partial charge in [-0.15, -0.1) is 0 Å². The molecule has 1 fully saturated rings. The molecule has 2 aliphatic rings. The molecule has 2 amide bonds. The van der Waals surface area contributed by atoms with Crippen molar-refractivity contribution in [2.24, 2.45) is 11.8 Å². The summed E-state index contributed by atoms with van der Waals surface area (Å²) in [6.07, 6.45) is 8.58. The van der Waals surface area contributed by atoms with Crippen molar-refractivity contribution in [1.82, 2.24) is 14.8 Å². The lowest BCUT2D eigenvalue weighted by molar-refractivity contribution is -0.120. The third-order valence-electron chi connectivity index (χ3n) is 7.60. The zero-order valence-corrected chi connectivity index (χ0v) is 22.2. The van der Waals surface area contributed by atoms with Crippen LogP contribution in [-0.4, -0.2) is 70.6 Å². The van der Waals surface area contributed by atoms with Gasteiger partial charge < -0.3 is 20.1 Å². The zero-order chi connectivity index (χ0) is 26.4. The lowest BCUT2D eigenvalue weighted by Gasteiger charge is -2.38. The van der Waals surface area contributed by atoms with Gasteiger partial charge in [-0.25, -0.2) is 0 Å². The van der Waals surface area contributed by atoms with E-state index in [0.717, 1.165) is 32.2 Å². The predicted molar refractivity (Wildman–Crippen MR) is 143 cm³/mol. The van der Waals surface area contributed by atoms with E-state index in [1.807, 2.05) is 25.1 Å². The number of nitrogens with zero attached hydrogens (tertiary/aromatic N) is 3. The molecule has 0 radical (unpaired) electrons. The summed E-state index contributed by atoms with van der Waals surface area (Å²) in [5.41, 5.74) is 2.18. The van der Waals surface area contributed by atoms with E-state index >= 15 is 0 Å². The molecule has 8 nitrogen and oxygen atoms in total. The van der Waals surface area contributed by atoms with Crippen LogP contribution in [0.1, 0.15) is 61.9 Å². The van der Waals surface area contributed by atoms with Gasteiger partial charge in [-0.3, -0.25) is 19.5 Å². The Kier molecular flexibility index (Phi) is 9.16. The Bertz CT molecular complexity index is 1060. The van der Waals surface area contributed by atoms with Crippen molar-refractivity contribution in [1.29, 1.82) is 0 Å². The largest absolute Gasteiger partial charge is 0.488 e. The molecule has 0 unspecified atom stereocenters. The smallest absolute Gasteiger partial charge is 0.258 e. The molecule has 1 aliphatic carbocycles. The molecule has 2 heterocycles. The number of anilines is 1. The van der Waals surface area contributed by atoms with Gasteiger partial charge >= 0.3 is 0 Å². The fourth-order valence-corrected chi connectivity index (χ4v) is 5.30. The minimum Gasteiger partial charge on any atom is -0.488 e. The molecule has 1 saturated carbocycles. The second-order valence-corrected chi connectivity index (χ2v) is 10.7. The molecule has 0 saturated heterocycles. The summed E-state index contributed by atoms with van der Waals surface area (Å²) < 4.78 is 6.49. The summed E-state index contributed by atoms with van der Waals surface area (Å²) in [6.45, 7) is 5.69. The second kappa shape index (κ2) is 12.5. The van der Waals surface area contributed by atoms with Gasteiger partial charge in [0.25, 0.3) is 5.91 Å². The average molecular weight is 509 g/mol. The minimum absolute atomic E-state index is 0.0173. The molecular weight excluding hydrogens is 468 g/mol. The van der Waals surface area contributed by atoms with E-state index in [-0.39, 0.29) is 42.4 Å². The first-order valence-corrected chi connectivity index (χ1v) is 13.5. The van der Waals surface area contributed by atoms with Crippen molar-refractivity contribution in [2.45, 2.75) is 64.6 Å². The lowest BCUT2D eigenvalue weighted by atomic mass is 9.88. The second-order valence-electron chi connectivity index (χ2n) is 10.7. The van der Waals surface area contributed by atoms with Crippen molar-refractivity contribution in [3.8, 4) is 5.75 Å². The number of carbonyl (C=O) groups is 2. The Balaban J connectivity index is 1.57. The lowest BCUT2D eigenvalue weighted by Crippen LogP contribution is -2.49. The van der Waals surface area contributed by atoms with Crippen molar-refractivity contribution in [3.63, 3.8) is 0 Å². The zero-order valence-electron chi connectivity index (χ0n) is 22.2. The molecule has 200 valence electrons. The van der Waals surface area contributed by atoms with E-state index in [1.54, 1.807) is 29.4 Å². The van der Waals surface area contributed by atoms with Gasteiger partial charge in [0.1, 0.15) is 11.9 Å². The van der Waals surface area contributed by atoms with E-state index in [4.69, 9.17) is 4.74 Å². The summed E-state index contributed by atoms with van der Waals surface area (Å²) in [5, 5.41) is 12.9. The Morgan fingerprint density at radius 1 is 1.22 bits per heavy atom. The summed E-state index contributed by atoms with van der Waals surface area (Å²) in [4.78, 5) is 34.5. The fraction of sp³-hybridized carbons (Fsp3) is 0.552. The fourth-order valence-electron chi connectivity index (χ4n) is 5.30. The number of rotatable bonds is 8. The topological polar surface area (TPSA) is 95.0 Å². The number of ether oxygens (including phenoxy) is 1. The standard InChI is InChI=1S/C29H40N4O4/c1-20-16-33(21(2)19-34)29(36)25-15-24(31-28(35)23-7-5-4-6-8-23)9-10-26(25)37-27(20)18-32(3)17-22-11-13-30-14-12-22/h9-15,20-21,23,27,34H,4-8,16-19H2,1-3H3,(H,31,35)/t20-,21+,27-/m0/s1. The number of nitrogens with one attached hydrogen (secondary N) is 1. The van der Waals surface area contributed by atoms with E-state index < -0.39 is 0 Å². The van der Waals surface area contributed by atoms with Gasteiger partial charge in [0.15, 0.2) is 0 Å². The molecule has 3 atom stereocenters. The van der Waals surface area contributed by atoms with Gasteiger partial charge in [0.05, 0.1) is 18.2 Å². The third kappa shape index (κ3) is 6.87. The van der Waals surface area contributed by atoms with Crippen molar-refractivity contribution >= 4 is 17.5 Å². The number of benzene rings is 1. The van der Waals surface area contributed by atoms with Crippen LogP contribution >= 0.6 is 0 Å². The van der Waals surface area contributed by atoms with Crippen LogP contribution in [0.4, 0.5) is 5.69 Å². The molecular formula is C29H40N4O4. The maximum atomic E-state index is 13.7. The van der Waals surface area contributed by atoms with Gasteiger partial charge in [-0.1, -0.05) is 26.2 Å². The monoisotopic (exact) mass is 508 g/mol. The molecule has 4 rings (SSSR count). The highest BCUT2D eigenvalue weighted by Gasteiger charge is 2.33. The Morgan fingerprint density at radius 2 is 1.95 bits per heavy atom. The van der Waals surface area contributed by atoms with Crippen LogP contribution in [-0.2, 0) is 11.3 Å². The van der Waals surface area contributed by atoms with Crippen molar-refractivity contribution < 1.29 is 19.4 Å². The van der Waals surface area contributed by atoms with Crippen molar-refractivity contribution in [3.05, 3.63) is 53.9 Å². The Hall–Kier alpha value is -2.97. The van der Waals surface area contributed by atoms with E-state index in [2.05, 4.69) is 29.2 Å². The Labute approximate surface area is 220 Å². The number of aliphatic hydroxyl groups is 1. The normalized spacial score (nSPS) is 21.5. The molecule has 1 aliphatic heterocycles. The molecule has 1 aromatic carbocycles. The van der Waals surface area contributed by atoms with Crippen LogP contribution in [0.15, 0.2) is 42.7 Å². The quantitative estimate of drug-likeness (QED) is 0.561. The van der Waals surface area contributed by atoms with E-state index in [0.29, 0.717) is 30.1 Å². The van der Waals surface area contributed by atoms with Crippen molar-refractivity contribution in [2.75, 3.05) is 32.1 Å². The SMILES string of the molecule is C[C@H](CO)N1C[C@H](C)[C@H](CN(C)Cc2ccncc2)Oc2ccc(NC(=O)C3CCCCC3)cc2C1=O. The molecule has 37 heavy (non-hydrogen) atoms. The number of hydrogen-bond acceptors (Lipinski definition) is 6. The maximum Gasteiger partial charge on any atom is 0.258 e. The molecule has 1 aromatic heterocycles. The summed E-state index contributed by atoms with van der Waals surface area (Å²) in [5.74, 6) is 0.389. The van der Waals surface area contributed by atoms with Gasteiger partial charge in [0, 0.05) is 49.6 Å². The molecule has 0 bridgehead atoms. The molecule has 8 heteroatoms. The van der Waals surface area contributed by atoms with Gasteiger partial charge in [-0.05, 0) is 62.7 Å². The van der Waals surface area contributed by atoms with Crippen LogP contribution in [0.25, 0.3) is 0 Å². The van der Waals surface area contributed by atoms with Crippen LogP contribution in [0, 0.1) is 11.8 Å². The first-order chi connectivity index (χ1) is 17.9. The number of hydrogen-bond donors (Lipinski definition) is 2. The minimum atomic E-state index is -0.336. The van der Waals surface area contributed by atoms with Crippen LogP contribution in [0.2, 0.25) is 0 Å². The molecule has 2 aromatic rings. The van der Waals surface area contributed by atoms with E-state index in [9.17, 15) is 14.7 Å². The Morgan fingerprint density at radius 3 is 2.65 bits per heavy atom. The number of amides is 2. The molecule has 2 N–H and O–H groups in total. The van der Waals surface area contributed by atoms with Crippen LogP contribution < -0.4 is 10.1 Å². The average Bonchev–Trinajstić information content (AvgIpc) is 2.91. The van der Waals surface area contributed by atoms with Crippen LogP contribution in [0.3, 0.4) is 0 Å². The summed E-state index contributed by atoms with van der Waals surface area (Å²) in [7, 11) is 2.05. The number of aromatic nitrogens is 1. The van der Waals surface area contributed by atoms with E-state index in [1.165, 1.54) is 12.0 Å². The summed E-state index contributed by atoms with van der Waals surface area (Å²) in [6, 6.07) is 9.00. The third-order valence-corrected chi connectivity index (χ3v) is 7.60. The number of pyridine rings is 1. The van der Waals surface area contributed by atoms with Gasteiger partial charge in [0.2, 0.25) is 5.91 Å². The summed E-state index contributed by atoms with van der Waals surface area (Å²) >= 11 is 0. The first-order valence-electron chi connectivity index (χ1n) is 13.5. The predicted octanol–water partition coefficient (Wildman–Crippen LogP) is 3.95. The number of fused-ring (bicyclic) bond motifs is 1. The molecule has 0 spiro atoms. The number of likely N-dealkylation sites (N-methyl/N-ethyl adjacent to an activating group) is 1. The van der Waals surface area contributed by atoms with Gasteiger partial charge in [-0.2, -0.15) is 0 Å². The number of aliphatic hydroxyl groups excluding tert-OH is 1. The maximum absolute atomic E-state index is 13.7. The number of carbonyl (C=O) groups excluding carboxylic acids is 2. The highest BCUT2D eigenvalue weighted by atomic mass is 16.5.